The van der Waals surface area contributed by atoms with Crippen molar-refractivity contribution in [2.45, 2.75) is 26.4 Å². The third kappa shape index (κ3) is 5.74. The minimum atomic E-state index is -3.84. The Hall–Kier alpha value is -2.98. The van der Waals surface area contributed by atoms with E-state index in [0.717, 1.165) is 4.31 Å². The number of nitrogens with zero attached hydrogens (tertiary/aromatic N) is 2. The predicted octanol–water partition coefficient (Wildman–Crippen LogP) is 2.43. The quantitative estimate of drug-likeness (QED) is 0.556. The van der Waals surface area contributed by atoms with Crippen LogP contribution in [0.3, 0.4) is 0 Å². The van der Waals surface area contributed by atoms with Crippen molar-refractivity contribution in [2.75, 3.05) is 36.9 Å². The maximum absolute atomic E-state index is 13.5. The number of rotatable bonds is 9. The number of likely N-dealkylation sites (N-methyl/N-ethyl adjacent to an activating group) is 1. The van der Waals surface area contributed by atoms with Crippen LogP contribution in [0.4, 0.5) is 5.69 Å². The smallest absolute Gasteiger partial charge is 0.244 e. The second-order valence-electron chi connectivity index (χ2n) is 7.64. The number of hydrogen-bond acceptors (Lipinski definition) is 6. The highest BCUT2D eigenvalue weighted by Gasteiger charge is 2.31. The van der Waals surface area contributed by atoms with Crippen molar-refractivity contribution in [3.63, 3.8) is 0 Å². The summed E-state index contributed by atoms with van der Waals surface area (Å²) in [4.78, 5) is 27.2. The van der Waals surface area contributed by atoms with E-state index < -0.39 is 28.5 Å². The second-order valence-corrected chi connectivity index (χ2v) is 10.2. The monoisotopic (exact) mass is 509 g/mol. The number of nitrogens with one attached hydrogen (secondary N) is 1. The van der Waals surface area contributed by atoms with Crippen LogP contribution in [0.1, 0.15) is 19.4 Å². The van der Waals surface area contributed by atoms with Crippen molar-refractivity contribution in [1.82, 2.24) is 10.2 Å². The minimum Gasteiger partial charge on any atom is -0.486 e. The molecule has 1 aliphatic rings. The summed E-state index contributed by atoms with van der Waals surface area (Å²) in [7, 11) is -2.37. The lowest BCUT2D eigenvalue weighted by Gasteiger charge is -2.32. The van der Waals surface area contributed by atoms with Crippen molar-refractivity contribution in [3.8, 4) is 11.5 Å². The molecule has 0 unspecified atom stereocenters. The standard InChI is InChI=1S/C23H28ClN3O6S/c1-4-34(30,31)27(18-9-10-20-21(13-18)33-12-11-32-20)15-22(28)26(16(2)23(29)25-3)14-17-7-5-6-8-19(17)24/h5-10,13,16H,4,11-12,14-15H2,1-3H3,(H,25,29)/t16-/m0/s1. The SMILES string of the molecule is CCS(=O)(=O)N(CC(=O)N(Cc1ccccc1Cl)[C@@H](C)C(=O)NC)c1ccc2c(c1)OCCO2. The fraction of sp³-hybridized carbons (Fsp3) is 0.391. The Kier molecular flexibility index (Phi) is 8.27. The van der Waals surface area contributed by atoms with Crippen LogP contribution in [0, 0.1) is 0 Å². The topological polar surface area (TPSA) is 105 Å². The molecular weight excluding hydrogens is 482 g/mol. The summed E-state index contributed by atoms with van der Waals surface area (Å²) in [6, 6.07) is 10.8. The highest BCUT2D eigenvalue weighted by Crippen LogP contribution is 2.35. The molecule has 1 heterocycles. The third-order valence-electron chi connectivity index (χ3n) is 5.51. The number of halogens is 1. The van der Waals surface area contributed by atoms with Gasteiger partial charge >= 0.3 is 0 Å². The molecule has 0 radical (unpaired) electrons. The largest absolute Gasteiger partial charge is 0.486 e. The van der Waals surface area contributed by atoms with Crippen molar-refractivity contribution in [3.05, 3.63) is 53.1 Å². The molecular formula is C23H28ClN3O6S. The number of amides is 2. The summed E-state index contributed by atoms with van der Waals surface area (Å²) in [6.07, 6.45) is 0. The van der Waals surface area contributed by atoms with Crippen molar-refractivity contribution in [1.29, 1.82) is 0 Å². The summed E-state index contributed by atoms with van der Waals surface area (Å²) >= 11 is 6.28. The normalized spacial score (nSPS) is 13.6. The first-order valence-electron chi connectivity index (χ1n) is 10.8. The summed E-state index contributed by atoms with van der Waals surface area (Å²) in [5, 5.41) is 2.97. The highest BCUT2D eigenvalue weighted by atomic mass is 35.5. The van der Waals surface area contributed by atoms with Gasteiger partial charge in [-0.1, -0.05) is 29.8 Å². The first-order chi connectivity index (χ1) is 16.2. The fourth-order valence-corrected chi connectivity index (χ4v) is 4.76. The van der Waals surface area contributed by atoms with Gasteiger partial charge in [0.25, 0.3) is 0 Å². The lowest BCUT2D eigenvalue weighted by atomic mass is 10.1. The lowest BCUT2D eigenvalue weighted by molar-refractivity contribution is -0.139. The van der Waals surface area contributed by atoms with Crippen molar-refractivity contribution >= 4 is 39.1 Å². The first-order valence-corrected chi connectivity index (χ1v) is 12.8. The summed E-state index contributed by atoms with van der Waals surface area (Å²) in [6.45, 7) is 3.35. The molecule has 184 valence electrons. The van der Waals surface area contributed by atoms with Gasteiger partial charge in [-0.2, -0.15) is 0 Å². The molecule has 1 atom stereocenters. The zero-order valence-corrected chi connectivity index (χ0v) is 20.9. The Morgan fingerprint density at radius 3 is 2.44 bits per heavy atom. The maximum atomic E-state index is 13.5. The van der Waals surface area contributed by atoms with Crippen molar-refractivity contribution < 1.29 is 27.5 Å². The Morgan fingerprint density at radius 1 is 1.12 bits per heavy atom. The molecule has 0 saturated heterocycles. The predicted molar refractivity (Wildman–Crippen MR) is 130 cm³/mol. The zero-order valence-electron chi connectivity index (χ0n) is 19.3. The van der Waals surface area contributed by atoms with Crippen LogP contribution in [0.2, 0.25) is 5.02 Å². The van der Waals surface area contributed by atoms with Crippen LogP contribution in [-0.4, -0.2) is 63.7 Å². The number of anilines is 1. The van der Waals surface area contributed by atoms with Gasteiger partial charge in [0.1, 0.15) is 25.8 Å². The molecule has 0 saturated carbocycles. The molecule has 3 rings (SSSR count). The molecule has 0 aromatic heterocycles. The van der Waals surface area contributed by atoms with Gasteiger partial charge in [-0.25, -0.2) is 8.42 Å². The van der Waals surface area contributed by atoms with Crippen LogP contribution >= 0.6 is 11.6 Å². The number of carbonyl (C=O) groups excluding carboxylic acids is 2. The van der Waals surface area contributed by atoms with E-state index in [1.165, 1.54) is 24.9 Å². The summed E-state index contributed by atoms with van der Waals surface area (Å²) in [5.41, 5.74) is 0.905. The van der Waals surface area contributed by atoms with Crippen molar-refractivity contribution in [2.24, 2.45) is 0 Å². The average Bonchev–Trinajstić information content (AvgIpc) is 2.85. The molecule has 2 aromatic carbocycles. The summed E-state index contributed by atoms with van der Waals surface area (Å²) < 4.78 is 38.1. The van der Waals surface area contributed by atoms with Crippen LogP contribution in [0.15, 0.2) is 42.5 Å². The fourth-order valence-electron chi connectivity index (χ4n) is 3.51. The Morgan fingerprint density at radius 2 is 1.79 bits per heavy atom. The molecule has 11 heteroatoms. The van der Waals surface area contributed by atoms with Crippen LogP contribution in [-0.2, 0) is 26.2 Å². The molecule has 0 bridgehead atoms. The zero-order chi connectivity index (χ0) is 24.9. The number of ether oxygens (including phenoxy) is 2. The number of benzene rings is 2. The van der Waals surface area contributed by atoms with E-state index in [1.807, 2.05) is 0 Å². The minimum absolute atomic E-state index is 0.0360. The number of fused-ring (bicyclic) bond motifs is 1. The van der Waals surface area contributed by atoms with E-state index in [0.29, 0.717) is 35.3 Å². The molecule has 0 aliphatic carbocycles. The second kappa shape index (κ2) is 11.0. The number of carbonyl (C=O) groups is 2. The Balaban J connectivity index is 1.96. The van der Waals surface area contributed by atoms with E-state index in [9.17, 15) is 18.0 Å². The molecule has 0 spiro atoms. The molecule has 1 aliphatic heterocycles. The van der Waals surface area contributed by atoms with Crippen LogP contribution in [0.25, 0.3) is 0 Å². The first kappa shape index (κ1) is 25.6. The molecule has 0 fully saturated rings. The van der Waals surface area contributed by atoms with E-state index in [1.54, 1.807) is 43.3 Å². The van der Waals surface area contributed by atoms with E-state index >= 15 is 0 Å². The maximum Gasteiger partial charge on any atom is 0.244 e. The lowest BCUT2D eigenvalue weighted by Crippen LogP contribution is -2.51. The van der Waals surface area contributed by atoms with Gasteiger partial charge in [0.05, 0.1) is 11.4 Å². The van der Waals surface area contributed by atoms with Gasteiger partial charge in [-0.05, 0) is 37.6 Å². The molecule has 2 amide bonds. The average molecular weight is 510 g/mol. The third-order valence-corrected chi connectivity index (χ3v) is 7.62. The van der Waals surface area contributed by atoms with Crippen LogP contribution in [0.5, 0.6) is 11.5 Å². The van der Waals surface area contributed by atoms with Crippen LogP contribution < -0.4 is 19.1 Å². The number of hydrogen-bond donors (Lipinski definition) is 1. The van der Waals surface area contributed by atoms with E-state index in [-0.39, 0.29) is 23.9 Å². The van der Waals surface area contributed by atoms with E-state index in [2.05, 4.69) is 5.32 Å². The van der Waals surface area contributed by atoms with Gasteiger partial charge < -0.3 is 19.7 Å². The molecule has 9 nitrogen and oxygen atoms in total. The number of sulfonamides is 1. The van der Waals surface area contributed by atoms with Gasteiger partial charge in [0, 0.05) is 24.7 Å². The molecule has 34 heavy (non-hydrogen) atoms. The molecule has 1 N–H and O–H groups in total. The Labute approximate surface area is 204 Å². The van der Waals surface area contributed by atoms with Gasteiger partial charge in [0.2, 0.25) is 21.8 Å². The Bertz CT molecular complexity index is 1160. The highest BCUT2D eigenvalue weighted by molar-refractivity contribution is 7.92. The molecule has 2 aromatic rings. The van der Waals surface area contributed by atoms with E-state index in [4.69, 9.17) is 21.1 Å². The van der Waals surface area contributed by atoms with Gasteiger partial charge in [0.15, 0.2) is 11.5 Å². The summed E-state index contributed by atoms with van der Waals surface area (Å²) in [5.74, 6) is -0.250. The van der Waals surface area contributed by atoms with Gasteiger partial charge in [-0.3, -0.25) is 13.9 Å². The van der Waals surface area contributed by atoms with Gasteiger partial charge in [-0.15, -0.1) is 0 Å².